The normalized spacial score (nSPS) is 11.1. The lowest BCUT2D eigenvalue weighted by Crippen LogP contribution is -2.05. The summed E-state index contributed by atoms with van der Waals surface area (Å²) in [6.07, 6.45) is 30.0. The van der Waals surface area contributed by atoms with Crippen molar-refractivity contribution in [1.29, 1.82) is 0 Å². The summed E-state index contributed by atoms with van der Waals surface area (Å²) in [5.41, 5.74) is 22.6. The van der Waals surface area contributed by atoms with Gasteiger partial charge in [-0.25, -0.2) is 29.9 Å². The summed E-state index contributed by atoms with van der Waals surface area (Å²) in [6.45, 7) is 3.86. The van der Waals surface area contributed by atoms with Gasteiger partial charge in [-0.05, 0) is 178 Å². The first-order valence-corrected chi connectivity index (χ1v) is 40.0. The number of Topliss-reactive ketones (excluding diaryl/α,β-unsaturated/α-hetero) is 2. The molecule has 20 nitrogen and oxygen atoms in total. The first-order valence-electron chi connectivity index (χ1n) is 40.0. The lowest BCUT2D eigenvalue weighted by Gasteiger charge is -2.07. The van der Waals surface area contributed by atoms with Crippen molar-refractivity contribution in [3.63, 3.8) is 0 Å². The predicted octanol–water partition coefficient (Wildman–Crippen LogP) is 28.5. The van der Waals surface area contributed by atoms with Gasteiger partial charge in [0.15, 0.2) is 47.5 Å². The van der Waals surface area contributed by atoms with E-state index in [4.69, 9.17) is 13.3 Å². The minimum absolute atomic E-state index is 0. The van der Waals surface area contributed by atoms with Crippen LogP contribution in [0.5, 0.6) is 0 Å². The van der Waals surface area contributed by atoms with Crippen molar-refractivity contribution in [3.05, 3.63) is 459 Å². The highest BCUT2D eigenvalue weighted by Gasteiger charge is 2.14. The maximum atomic E-state index is 11.2. The number of benzene rings is 12. The molecular weight excluding hydrogens is 1610 g/mol. The van der Waals surface area contributed by atoms with Crippen LogP contribution in [0.4, 0.5) is 11.4 Å². The second kappa shape index (κ2) is 51.9. The van der Waals surface area contributed by atoms with Crippen molar-refractivity contribution in [2.45, 2.75) is 70.2 Å². The molecule has 20 heteroatoms. The van der Waals surface area contributed by atoms with Gasteiger partial charge in [0, 0.05) is 101 Å². The van der Waals surface area contributed by atoms with E-state index >= 15 is 0 Å². The molecule has 0 saturated carbocycles. The third kappa shape index (κ3) is 28.3. The smallest absolute Gasteiger partial charge is 0.258 e. The van der Waals surface area contributed by atoms with Crippen molar-refractivity contribution in [3.8, 4) is 0 Å². The van der Waals surface area contributed by atoms with E-state index in [1.54, 1.807) is 24.8 Å². The van der Waals surface area contributed by atoms with Crippen LogP contribution in [0, 0.1) is 0 Å². The average molecular weight is 1720 g/mol. The molecule has 130 heavy (non-hydrogen) atoms. The van der Waals surface area contributed by atoms with Crippen molar-refractivity contribution >= 4 is 140 Å². The minimum Gasteiger partial charge on any atom is -0.443 e. The Bertz CT molecular complexity index is 6160. The fraction of sp³-hybridized carbons (Fsp3) is 0.0909. The second-order valence-corrected chi connectivity index (χ2v) is 27.7. The molecule has 12 aromatic carbocycles. The number of aromatic nitrogens is 12. The van der Waals surface area contributed by atoms with Crippen LogP contribution in [0.2, 0.25) is 0 Å². The van der Waals surface area contributed by atoms with E-state index in [0.717, 1.165) is 102 Å². The Labute approximate surface area is 757 Å². The van der Waals surface area contributed by atoms with Gasteiger partial charge in [-0.1, -0.05) is 270 Å². The molecule has 2 aliphatic carbocycles. The first-order chi connectivity index (χ1) is 61.2. The number of pyridine rings is 1. The Balaban J connectivity index is 0.000000173. The van der Waals surface area contributed by atoms with Crippen molar-refractivity contribution in [1.82, 2.24) is 59.8 Å². The van der Waals surface area contributed by atoms with Crippen LogP contribution in [0.1, 0.15) is 100 Å². The molecule has 2 aliphatic heterocycles. The summed E-state index contributed by atoms with van der Waals surface area (Å²) >= 11 is 0. The summed E-state index contributed by atoms with van der Waals surface area (Å²) in [6, 6.07) is 107. The van der Waals surface area contributed by atoms with E-state index in [0.29, 0.717) is 18.2 Å². The van der Waals surface area contributed by atoms with Gasteiger partial charge in [0.05, 0.1) is 40.3 Å². The van der Waals surface area contributed by atoms with Gasteiger partial charge < -0.3 is 48.5 Å². The highest BCUT2D eigenvalue weighted by atomic mass is 16.3. The Morgan fingerprint density at radius 1 is 0.315 bits per heavy atom. The van der Waals surface area contributed by atoms with E-state index in [-0.39, 0.29) is 61.7 Å². The van der Waals surface area contributed by atoms with Crippen LogP contribution < -0.4 is 10.9 Å². The summed E-state index contributed by atoms with van der Waals surface area (Å²) in [5, 5.41) is 8.83. The molecule has 0 amide bonds. The number of anilines is 1. The van der Waals surface area contributed by atoms with Crippen molar-refractivity contribution in [2.24, 2.45) is 4.99 Å². The number of H-pyrrole nitrogens is 6. The molecule has 0 atom stereocenters. The van der Waals surface area contributed by atoms with Gasteiger partial charge in [0.1, 0.15) is 22.2 Å². The van der Waals surface area contributed by atoms with Gasteiger partial charge >= 0.3 is 0 Å². The fourth-order valence-electron chi connectivity index (χ4n) is 13.1. The van der Waals surface area contributed by atoms with Crippen molar-refractivity contribution < 1.29 is 22.8 Å². The molecule has 4 aliphatic rings. The number of carbonyl (C=O) groups excluding carboxylic acids is 2. The predicted molar refractivity (Wildman–Crippen MR) is 542 cm³/mol. The zero-order valence-electron chi connectivity index (χ0n) is 67.5. The Morgan fingerprint density at radius 2 is 0.738 bits per heavy atom. The lowest BCUT2D eigenvalue weighted by molar-refractivity contribution is 0.0989. The molecule has 0 radical (unpaired) electrons. The molecule has 0 unspecified atom stereocenters. The maximum absolute atomic E-state index is 11.2. The SMILES string of the molecule is C.C.C.C.C.C.C1=Cc2ccccc2C1.C=C1Cc2ccccc2N1.O=C1CC=Cc2ccccc21.O=C1CC=Nc2ccccc21.O=c1[nH]cnc2ccccc12.c1ccc2[nH]ccc2c1.c1ccc2[nH]ccc2c1.c1ccc2[nH]ccc2c1.c1ccc2[nH]cnc2c1.c1ccc2ocnc2c1.c1ccc2ocnc2c1.c1ccc2ocnc2c1.c1cnc2[nH]ccc2c1. The summed E-state index contributed by atoms with van der Waals surface area (Å²) in [5.74, 6) is 0.388. The molecule has 656 valence electrons. The number of imidazole rings is 1. The quantitative estimate of drug-likeness (QED) is 0.0744. The largest absolute Gasteiger partial charge is 0.443 e. The summed E-state index contributed by atoms with van der Waals surface area (Å²) in [7, 11) is 0. The number of para-hydroxylation sites is 14. The number of fused-ring (bicyclic) bond motifs is 13. The van der Waals surface area contributed by atoms with E-state index in [1.807, 2.05) is 261 Å². The van der Waals surface area contributed by atoms with Crippen LogP contribution in [-0.2, 0) is 12.8 Å². The number of nitrogens with zero attached hydrogens (tertiary/aromatic N) is 7. The van der Waals surface area contributed by atoms with Gasteiger partial charge in [0.2, 0.25) is 0 Å². The third-order valence-corrected chi connectivity index (χ3v) is 19.3. The van der Waals surface area contributed by atoms with Crippen LogP contribution in [0.25, 0.3) is 111 Å². The van der Waals surface area contributed by atoms with E-state index in [2.05, 4.69) is 186 Å². The number of hydrogen-bond donors (Lipinski definition) is 7. The Hall–Kier alpha value is -17.0. The highest BCUT2D eigenvalue weighted by molar-refractivity contribution is 6.10. The monoisotopic (exact) mass is 1720 g/mol. The number of aliphatic imine (C=N–C) groups is 1. The molecule has 7 N–H and O–H groups in total. The number of allylic oxidation sites excluding steroid dienone is 3. The number of aromatic amines is 6. The van der Waals surface area contributed by atoms with Gasteiger partial charge in [-0.2, -0.15) is 0 Å². The minimum atomic E-state index is -0.0874. The molecule has 12 heterocycles. The number of nitrogens with one attached hydrogen (secondary N) is 7. The van der Waals surface area contributed by atoms with Crippen LogP contribution >= 0.6 is 0 Å². The molecule has 0 saturated heterocycles. The summed E-state index contributed by atoms with van der Waals surface area (Å²) < 4.78 is 15.0. The second-order valence-electron chi connectivity index (χ2n) is 27.7. The number of ketones is 2. The van der Waals surface area contributed by atoms with Gasteiger partial charge in [-0.3, -0.25) is 19.4 Å². The molecule has 0 fully saturated rings. The summed E-state index contributed by atoms with van der Waals surface area (Å²) in [4.78, 5) is 79.5. The Kier molecular flexibility index (Phi) is 39.3. The number of oxazole rings is 3. The van der Waals surface area contributed by atoms with E-state index in [1.165, 1.54) is 80.6 Å². The van der Waals surface area contributed by atoms with Crippen molar-refractivity contribution in [2.75, 3.05) is 5.32 Å². The molecule has 10 aromatic heterocycles. The topological polar surface area (TPSA) is 287 Å². The van der Waals surface area contributed by atoms with Gasteiger partial charge in [-0.15, -0.1) is 0 Å². The molecule has 22 aromatic rings. The zero-order valence-corrected chi connectivity index (χ0v) is 67.5. The van der Waals surface area contributed by atoms with E-state index < -0.39 is 0 Å². The molecular formula is C110H110N14O6. The standard InChI is InChI=1S/C10H8O.C9H7NO.C9H9N.C9H8.C8H6N2O.3C8H7N.2C7H6N2.3C7H5NO.6CH4/c11-10-7-3-5-8-4-1-2-6-9(8)10;11-9-5-6-10-8-4-2-1-3-7(8)9;1-7-6-8-4-2-3-5-9(8)10-7;1-2-5-9-7-3-6-8(9)4-1;11-8-6-3-1-2-4-7(6)9-5-10-8;3*1-2-4-8-7(3-1)5-6-9-8;1-2-6-3-5-9-7(6)8-4-1;4*1-2-4-7-6(3-1)8-5-9-7;;;;;;/h1-6H,7H2;1-4,6H,5H2;2-5,10H,1,6H2;1-6H,7H2;1-5H,(H,9,10,11);3*1-6,9H;2*1-5H,(H,8,9);3*1-5H;6*1H4. The first kappa shape index (κ1) is 98.4. The maximum Gasteiger partial charge on any atom is 0.258 e. The molecule has 0 spiro atoms. The average Bonchev–Trinajstić information content (AvgIpc) is 1.83. The third-order valence-electron chi connectivity index (χ3n) is 19.3. The number of rotatable bonds is 0. The van der Waals surface area contributed by atoms with E-state index in [9.17, 15) is 14.4 Å². The van der Waals surface area contributed by atoms with Crippen LogP contribution in [0.15, 0.2) is 438 Å². The zero-order chi connectivity index (χ0) is 85.0. The molecule has 0 bridgehead atoms. The Morgan fingerprint density at radius 3 is 1.27 bits per heavy atom. The molecule has 26 rings (SSSR count). The number of hydrogen-bond acceptors (Lipinski definition) is 14. The van der Waals surface area contributed by atoms with Crippen LogP contribution in [0.3, 0.4) is 0 Å². The van der Waals surface area contributed by atoms with Gasteiger partial charge in [0.25, 0.3) is 5.56 Å². The highest BCUT2D eigenvalue weighted by Crippen LogP contribution is 2.27. The van der Waals surface area contributed by atoms with Crippen LogP contribution in [-0.4, -0.2) is 77.6 Å². The lowest BCUT2D eigenvalue weighted by atomic mass is 9.97. The number of carbonyl (C=O) groups is 2. The fourth-order valence-corrected chi connectivity index (χ4v) is 13.1.